The fourth-order valence-corrected chi connectivity index (χ4v) is 3.87. The zero-order valence-electron chi connectivity index (χ0n) is 13.4. The molecule has 1 aromatic rings. The first kappa shape index (κ1) is 17.3. The second-order valence-corrected chi connectivity index (χ2v) is 8.22. The van der Waals surface area contributed by atoms with Gasteiger partial charge in [0.1, 0.15) is 0 Å². The first-order valence-corrected chi connectivity index (χ1v) is 9.64. The smallest absolute Gasteiger partial charge is 0.264 e. The lowest BCUT2D eigenvalue weighted by Crippen LogP contribution is -2.51. The fourth-order valence-electron chi connectivity index (χ4n) is 2.20. The molecule has 2 heterocycles. The van der Waals surface area contributed by atoms with Crippen LogP contribution in [0.15, 0.2) is 17.5 Å². The van der Waals surface area contributed by atoms with Crippen LogP contribution in [0.5, 0.6) is 0 Å². The van der Waals surface area contributed by atoms with Crippen molar-refractivity contribution in [2.75, 3.05) is 31.9 Å². The van der Waals surface area contributed by atoms with Crippen LogP contribution in [0.25, 0.3) is 0 Å². The van der Waals surface area contributed by atoms with Crippen molar-refractivity contribution >= 4 is 34.9 Å². The van der Waals surface area contributed by atoms with Crippen LogP contribution in [0.1, 0.15) is 30.4 Å². The van der Waals surface area contributed by atoms with Gasteiger partial charge in [0.15, 0.2) is 0 Å². The maximum atomic E-state index is 12.3. The van der Waals surface area contributed by atoms with Crippen molar-refractivity contribution < 1.29 is 9.59 Å². The Balaban J connectivity index is 1.77. The summed E-state index contributed by atoms with van der Waals surface area (Å²) in [5.74, 6) is 1.40. The Kier molecular flexibility index (Phi) is 6.32. The SMILES string of the molecule is CC(C)[C@H](C)SCC(=O)N1CCN(C(=O)c2cccs2)CC1. The molecule has 0 spiro atoms. The number of carbonyl (C=O) groups excluding carboxylic acids is 2. The number of hydrogen-bond acceptors (Lipinski definition) is 4. The predicted octanol–water partition coefficient (Wildman–Crippen LogP) is 2.81. The molecule has 2 rings (SSSR count). The van der Waals surface area contributed by atoms with E-state index >= 15 is 0 Å². The molecule has 1 fully saturated rings. The Bertz CT molecular complexity index is 494. The zero-order valence-corrected chi connectivity index (χ0v) is 15.1. The third-order valence-corrected chi connectivity index (χ3v) is 6.40. The molecule has 1 saturated heterocycles. The van der Waals surface area contributed by atoms with E-state index in [1.54, 1.807) is 11.8 Å². The van der Waals surface area contributed by atoms with E-state index in [2.05, 4.69) is 20.8 Å². The predicted molar refractivity (Wildman–Crippen MR) is 93.6 cm³/mol. The summed E-state index contributed by atoms with van der Waals surface area (Å²) in [4.78, 5) is 29.0. The Hall–Kier alpha value is -1.01. The van der Waals surface area contributed by atoms with Gasteiger partial charge in [-0.3, -0.25) is 9.59 Å². The summed E-state index contributed by atoms with van der Waals surface area (Å²) in [6, 6.07) is 3.75. The first-order chi connectivity index (χ1) is 10.5. The second kappa shape index (κ2) is 8.02. The van der Waals surface area contributed by atoms with Crippen LogP contribution in [0.2, 0.25) is 0 Å². The van der Waals surface area contributed by atoms with Crippen LogP contribution in [-0.2, 0) is 4.79 Å². The Morgan fingerprint density at radius 3 is 2.36 bits per heavy atom. The number of thioether (sulfide) groups is 1. The lowest BCUT2D eigenvalue weighted by molar-refractivity contribution is -0.129. The second-order valence-electron chi connectivity index (χ2n) is 5.91. The number of hydrogen-bond donors (Lipinski definition) is 0. The molecule has 1 aromatic heterocycles. The van der Waals surface area contributed by atoms with Crippen molar-refractivity contribution in [2.45, 2.75) is 26.0 Å². The molecule has 6 heteroatoms. The van der Waals surface area contributed by atoms with Crippen molar-refractivity contribution in [1.82, 2.24) is 9.80 Å². The summed E-state index contributed by atoms with van der Waals surface area (Å²) in [6.07, 6.45) is 0. The van der Waals surface area contributed by atoms with E-state index in [0.717, 1.165) is 4.88 Å². The van der Waals surface area contributed by atoms with Crippen molar-refractivity contribution in [3.63, 3.8) is 0 Å². The van der Waals surface area contributed by atoms with Crippen LogP contribution in [0, 0.1) is 5.92 Å². The summed E-state index contributed by atoms with van der Waals surface area (Å²) in [5, 5.41) is 2.41. The first-order valence-electron chi connectivity index (χ1n) is 7.71. The maximum absolute atomic E-state index is 12.3. The summed E-state index contributed by atoms with van der Waals surface area (Å²) in [7, 11) is 0. The summed E-state index contributed by atoms with van der Waals surface area (Å²) in [6.45, 7) is 9.08. The van der Waals surface area contributed by atoms with Gasteiger partial charge in [-0.15, -0.1) is 23.1 Å². The van der Waals surface area contributed by atoms with E-state index in [4.69, 9.17) is 0 Å². The molecule has 1 aliphatic heterocycles. The fraction of sp³-hybridized carbons (Fsp3) is 0.625. The van der Waals surface area contributed by atoms with E-state index < -0.39 is 0 Å². The van der Waals surface area contributed by atoms with Crippen LogP contribution in [0.4, 0.5) is 0 Å². The van der Waals surface area contributed by atoms with Gasteiger partial charge < -0.3 is 9.80 Å². The van der Waals surface area contributed by atoms with Gasteiger partial charge >= 0.3 is 0 Å². The van der Waals surface area contributed by atoms with Crippen molar-refractivity contribution in [3.8, 4) is 0 Å². The third-order valence-electron chi connectivity index (χ3n) is 4.06. The highest BCUT2D eigenvalue weighted by atomic mass is 32.2. The van der Waals surface area contributed by atoms with Gasteiger partial charge in [-0.25, -0.2) is 0 Å². The summed E-state index contributed by atoms with van der Waals surface area (Å²) < 4.78 is 0. The van der Waals surface area contributed by atoms with Gasteiger partial charge in [-0.2, -0.15) is 0 Å². The Labute approximate surface area is 140 Å². The Morgan fingerprint density at radius 1 is 1.18 bits per heavy atom. The van der Waals surface area contributed by atoms with Gasteiger partial charge in [0.2, 0.25) is 5.91 Å². The molecule has 1 atom stereocenters. The Morgan fingerprint density at radius 2 is 1.82 bits per heavy atom. The molecule has 0 aliphatic carbocycles. The standard InChI is InChI=1S/C16H24N2O2S2/c1-12(2)13(3)22-11-15(19)17-6-8-18(9-7-17)16(20)14-5-4-10-21-14/h4-5,10,12-13H,6-9,11H2,1-3H3/t13-/m0/s1. The third kappa shape index (κ3) is 4.49. The molecular formula is C16H24N2O2S2. The van der Waals surface area contributed by atoms with E-state index in [0.29, 0.717) is 43.1 Å². The highest BCUT2D eigenvalue weighted by Crippen LogP contribution is 2.19. The minimum Gasteiger partial charge on any atom is -0.338 e. The van der Waals surface area contributed by atoms with Gasteiger partial charge in [0.25, 0.3) is 5.91 Å². The van der Waals surface area contributed by atoms with Crippen LogP contribution < -0.4 is 0 Å². The minimum absolute atomic E-state index is 0.0879. The zero-order chi connectivity index (χ0) is 16.1. The molecule has 22 heavy (non-hydrogen) atoms. The highest BCUT2D eigenvalue weighted by Gasteiger charge is 2.25. The molecular weight excluding hydrogens is 316 g/mol. The van der Waals surface area contributed by atoms with E-state index in [9.17, 15) is 9.59 Å². The molecule has 122 valence electrons. The van der Waals surface area contributed by atoms with Crippen LogP contribution in [0.3, 0.4) is 0 Å². The summed E-state index contributed by atoms with van der Waals surface area (Å²) >= 11 is 3.19. The van der Waals surface area contributed by atoms with Gasteiger partial charge in [0, 0.05) is 31.4 Å². The minimum atomic E-state index is 0.0879. The number of rotatable bonds is 5. The van der Waals surface area contributed by atoms with Crippen LogP contribution in [-0.4, -0.2) is 58.8 Å². The topological polar surface area (TPSA) is 40.6 Å². The monoisotopic (exact) mass is 340 g/mol. The quantitative estimate of drug-likeness (QED) is 0.827. The average molecular weight is 341 g/mol. The molecule has 0 saturated carbocycles. The van der Waals surface area contributed by atoms with Crippen molar-refractivity contribution in [2.24, 2.45) is 5.92 Å². The van der Waals surface area contributed by atoms with E-state index in [1.165, 1.54) is 11.3 Å². The molecule has 0 unspecified atom stereocenters. The molecule has 0 aromatic carbocycles. The van der Waals surface area contributed by atoms with Gasteiger partial charge in [-0.05, 0) is 17.4 Å². The molecule has 4 nitrogen and oxygen atoms in total. The summed E-state index contributed by atoms with van der Waals surface area (Å²) in [5.41, 5.74) is 0. The average Bonchev–Trinajstić information content (AvgIpc) is 3.06. The molecule has 0 radical (unpaired) electrons. The molecule has 0 bridgehead atoms. The molecule has 1 aliphatic rings. The maximum Gasteiger partial charge on any atom is 0.264 e. The van der Waals surface area contributed by atoms with E-state index in [-0.39, 0.29) is 11.8 Å². The number of thiophene rings is 1. The van der Waals surface area contributed by atoms with Crippen molar-refractivity contribution in [1.29, 1.82) is 0 Å². The number of carbonyl (C=O) groups is 2. The van der Waals surface area contributed by atoms with Crippen molar-refractivity contribution in [3.05, 3.63) is 22.4 Å². The number of piperazine rings is 1. The lowest BCUT2D eigenvalue weighted by Gasteiger charge is -2.34. The molecule has 0 N–H and O–H groups in total. The van der Waals surface area contributed by atoms with Gasteiger partial charge in [-0.1, -0.05) is 26.8 Å². The lowest BCUT2D eigenvalue weighted by atomic mass is 10.2. The molecule has 2 amide bonds. The van der Waals surface area contributed by atoms with E-state index in [1.807, 2.05) is 27.3 Å². The van der Waals surface area contributed by atoms with Crippen LogP contribution >= 0.6 is 23.1 Å². The number of amides is 2. The van der Waals surface area contributed by atoms with Gasteiger partial charge in [0.05, 0.1) is 10.6 Å². The normalized spacial score (nSPS) is 16.9. The largest absolute Gasteiger partial charge is 0.338 e. The highest BCUT2D eigenvalue weighted by molar-refractivity contribution is 8.00. The number of nitrogens with zero attached hydrogens (tertiary/aromatic N) is 2.